The van der Waals surface area contributed by atoms with E-state index in [0.29, 0.717) is 6.61 Å². The van der Waals surface area contributed by atoms with Gasteiger partial charge in [0.25, 0.3) is 0 Å². The largest absolute Gasteiger partial charge is 0.465 e. The Morgan fingerprint density at radius 3 is 2.71 bits per heavy atom. The molecule has 132 valence electrons. The van der Waals surface area contributed by atoms with Gasteiger partial charge in [0.1, 0.15) is 10.9 Å². The highest BCUT2D eigenvalue weighted by Crippen LogP contribution is 2.36. The Balaban J connectivity index is 1.64. The smallest absolute Gasteiger partial charge is 0.315 e. The molecule has 1 amide bonds. The van der Waals surface area contributed by atoms with E-state index in [2.05, 4.69) is 4.90 Å². The third-order valence-electron chi connectivity index (χ3n) is 4.75. The lowest BCUT2D eigenvalue weighted by molar-refractivity contribution is -0.145. The first-order valence-corrected chi connectivity index (χ1v) is 9.53. The van der Waals surface area contributed by atoms with E-state index < -0.39 is 0 Å². The van der Waals surface area contributed by atoms with Crippen LogP contribution in [0, 0.1) is 0 Å². The number of hydrogen-bond donors (Lipinski definition) is 0. The fourth-order valence-corrected chi connectivity index (χ4v) is 4.64. The number of carbonyl (C=O) groups excluding carboxylic acids is 2. The van der Waals surface area contributed by atoms with Crippen molar-refractivity contribution >= 4 is 23.2 Å². The van der Waals surface area contributed by atoms with E-state index in [-0.39, 0.29) is 17.8 Å². The second-order valence-electron chi connectivity index (χ2n) is 6.40. The second kappa shape index (κ2) is 7.61. The molecule has 1 aromatic heterocycles. The van der Waals surface area contributed by atoms with Crippen molar-refractivity contribution in [3.05, 3.63) is 15.6 Å². The predicted octanol–water partition coefficient (Wildman–Crippen LogP) is 1.79. The van der Waals surface area contributed by atoms with Crippen LogP contribution in [0.1, 0.15) is 48.2 Å². The maximum Gasteiger partial charge on any atom is 0.315 e. The van der Waals surface area contributed by atoms with Gasteiger partial charge in [-0.3, -0.25) is 14.5 Å². The van der Waals surface area contributed by atoms with Crippen molar-refractivity contribution < 1.29 is 14.3 Å². The molecule has 2 heterocycles. The van der Waals surface area contributed by atoms with Crippen LogP contribution < -0.4 is 0 Å². The predicted molar refractivity (Wildman–Crippen MR) is 92.0 cm³/mol. The standard InChI is InChI=1S/C17H25N3O3S/c1-3-23-17(22)13-5-4-6-14-16(13)18-15(24-14)11-19-7-9-20(10-8-19)12(2)21/h13H,3-11H2,1-2H3/t13-/m1/s1. The molecule has 0 unspecified atom stereocenters. The molecule has 24 heavy (non-hydrogen) atoms. The number of rotatable bonds is 4. The summed E-state index contributed by atoms with van der Waals surface area (Å²) in [6, 6.07) is 0. The van der Waals surface area contributed by atoms with Crippen molar-refractivity contribution in [1.29, 1.82) is 0 Å². The van der Waals surface area contributed by atoms with E-state index >= 15 is 0 Å². The molecule has 1 aliphatic heterocycles. The lowest BCUT2D eigenvalue weighted by Gasteiger charge is -2.33. The first kappa shape index (κ1) is 17.4. The summed E-state index contributed by atoms with van der Waals surface area (Å²) in [6.45, 7) is 8.02. The van der Waals surface area contributed by atoms with Gasteiger partial charge in [0.15, 0.2) is 0 Å². The lowest BCUT2D eigenvalue weighted by Crippen LogP contribution is -2.47. The Morgan fingerprint density at radius 1 is 1.29 bits per heavy atom. The second-order valence-corrected chi connectivity index (χ2v) is 7.56. The van der Waals surface area contributed by atoms with Gasteiger partial charge in [-0.2, -0.15) is 0 Å². The SMILES string of the molecule is CCOC(=O)[C@@H]1CCCc2sc(CN3CCN(C(C)=O)CC3)nc21. The number of amides is 1. The average molecular weight is 351 g/mol. The number of fused-ring (bicyclic) bond motifs is 1. The van der Waals surface area contributed by atoms with E-state index in [1.165, 1.54) is 4.88 Å². The molecule has 0 spiro atoms. The van der Waals surface area contributed by atoms with Crippen molar-refractivity contribution in [2.75, 3.05) is 32.8 Å². The summed E-state index contributed by atoms with van der Waals surface area (Å²) in [5.41, 5.74) is 0.946. The first-order chi connectivity index (χ1) is 11.6. The number of thiazole rings is 1. The molecule has 1 saturated heterocycles. The summed E-state index contributed by atoms with van der Waals surface area (Å²) in [7, 11) is 0. The maximum atomic E-state index is 12.2. The van der Waals surface area contributed by atoms with Crippen molar-refractivity contribution in [3.8, 4) is 0 Å². The van der Waals surface area contributed by atoms with Crippen LogP contribution >= 0.6 is 11.3 Å². The fraction of sp³-hybridized carbons (Fsp3) is 0.706. The summed E-state index contributed by atoms with van der Waals surface area (Å²) >= 11 is 1.73. The number of nitrogens with zero attached hydrogens (tertiary/aromatic N) is 3. The van der Waals surface area contributed by atoms with Gasteiger partial charge in [-0.15, -0.1) is 11.3 Å². The van der Waals surface area contributed by atoms with Crippen LogP contribution in [0.5, 0.6) is 0 Å². The van der Waals surface area contributed by atoms with Crippen molar-refractivity contribution in [2.24, 2.45) is 0 Å². The molecule has 0 N–H and O–H groups in total. The minimum Gasteiger partial charge on any atom is -0.465 e. The summed E-state index contributed by atoms with van der Waals surface area (Å²) in [4.78, 5) is 33.8. The van der Waals surface area contributed by atoms with Crippen LogP contribution in [-0.4, -0.2) is 59.4 Å². The summed E-state index contributed by atoms with van der Waals surface area (Å²) in [6.07, 6.45) is 2.88. The number of hydrogen-bond acceptors (Lipinski definition) is 6. The fourth-order valence-electron chi connectivity index (χ4n) is 3.42. The Kier molecular flexibility index (Phi) is 5.50. The number of carbonyl (C=O) groups is 2. The van der Waals surface area contributed by atoms with Crippen molar-refractivity contribution in [2.45, 2.75) is 45.6 Å². The van der Waals surface area contributed by atoms with E-state index in [1.54, 1.807) is 18.3 Å². The van der Waals surface area contributed by atoms with Gasteiger partial charge >= 0.3 is 5.97 Å². The van der Waals surface area contributed by atoms with E-state index in [9.17, 15) is 9.59 Å². The van der Waals surface area contributed by atoms with Crippen LogP contribution in [0.2, 0.25) is 0 Å². The normalized spacial score (nSPS) is 21.4. The highest BCUT2D eigenvalue weighted by Gasteiger charge is 2.31. The van der Waals surface area contributed by atoms with Gasteiger partial charge in [0.05, 0.1) is 18.8 Å². The molecule has 3 rings (SSSR count). The van der Waals surface area contributed by atoms with Crippen molar-refractivity contribution in [3.63, 3.8) is 0 Å². The molecule has 2 aliphatic rings. The summed E-state index contributed by atoms with van der Waals surface area (Å²) in [5, 5.41) is 1.08. The highest BCUT2D eigenvalue weighted by molar-refractivity contribution is 7.11. The van der Waals surface area contributed by atoms with E-state index in [1.807, 2.05) is 11.8 Å². The Morgan fingerprint density at radius 2 is 2.04 bits per heavy atom. The van der Waals surface area contributed by atoms with Crippen LogP contribution in [0.3, 0.4) is 0 Å². The molecule has 0 aromatic carbocycles. The quantitative estimate of drug-likeness (QED) is 0.774. The Bertz CT molecular complexity index is 608. The van der Waals surface area contributed by atoms with Crippen molar-refractivity contribution in [1.82, 2.24) is 14.8 Å². The molecule has 0 radical (unpaired) electrons. The van der Waals surface area contributed by atoms with Crippen LogP contribution in [0.4, 0.5) is 0 Å². The number of esters is 1. The van der Waals surface area contributed by atoms with Gasteiger partial charge in [-0.1, -0.05) is 0 Å². The van der Waals surface area contributed by atoms with Gasteiger partial charge in [0, 0.05) is 38.0 Å². The molecular formula is C17H25N3O3S. The number of ether oxygens (including phenoxy) is 1. The molecule has 1 aromatic rings. The Labute approximate surface area is 146 Å². The number of piperazine rings is 1. The molecule has 1 atom stereocenters. The molecule has 1 fully saturated rings. The zero-order valence-electron chi connectivity index (χ0n) is 14.4. The van der Waals surface area contributed by atoms with E-state index in [0.717, 1.165) is 62.7 Å². The van der Waals surface area contributed by atoms with Gasteiger partial charge < -0.3 is 9.64 Å². The average Bonchev–Trinajstić information content (AvgIpc) is 2.97. The van der Waals surface area contributed by atoms with Gasteiger partial charge in [-0.25, -0.2) is 4.98 Å². The van der Waals surface area contributed by atoms with Crippen LogP contribution in [-0.2, 0) is 27.3 Å². The molecule has 0 saturated carbocycles. The lowest BCUT2D eigenvalue weighted by atomic mass is 9.91. The minimum absolute atomic E-state index is 0.134. The first-order valence-electron chi connectivity index (χ1n) is 8.71. The molecule has 6 nitrogen and oxygen atoms in total. The maximum absolute atomic E-state index is 12.2. The van der Waals surface area contributed by atoms with Gasteiger partial charge in [0.2, 0.25) is 5.91 Å². The third-order valence-corrected chi connectivity index (χ3v) is 5.86. The Hall–Kier alpha value is -1.47. The molecule has 1 aliphatic carbocycles. The zero-order chi connectivity index (χ0) is 17.1. The van der Waals surface area contributed by atoms with Gasteiger partial charge in [-0.05, 0) is 26.2 Å². The monoisotopic (exact) mass is 351 g/mol. The van der Waals surface area contributed by atoms with Crippen LogP contribution in [0.15, 0.2) is 0 Å². The molecule has 7 heteroatoms. The highest BCUT2D eigenvalue weighted by atomic mass is 32.1. The number of aromatic nitrogens is 1. The number of aryl methyl sites for hydroxylation is 1. The zero-order valence-corrected chi connectivity index (χ0v) is 15.2. The van der Waals surface area contributed by atoms with E-state index in [4.69, 9.17) is 9.72 Å². The van der Waals surface area contributed by atoms with Crippen LogP contribution in [0.25, 0.3) is 0 Å². The summed E-state index contributed by atoms with van der Waals surface area (Å²) in [5.74, 6) is -0.171. The molecular weight excluding hydrogens is 326 g/mol. The summed E-state index contributed by atoms with van der Waals surface area (Å²) < 4.78 is 5.21. The minimum atomic E-state index is -0.187. The topological polar surface area (TPSA) is 62.7 Å². The molecule has 0 bridgehead atoms. The third kappa shape index (κ3) is 3.78.